The van der Waals surface area contributed by atoms with E-state index in [0.717, 1.165) is 5.56 Å². The molecule has 3 aromatic carbocycles. The Labute approximate surface area is 208 Å². The van der Waals surface area contributed by atoms with Crippen molar-refractivity contribution in [3.63, 3.8) is 0 Å². The molecule has 0 bridgehead atoms. The monoisotopic (exact) mass is 502 g/mol. The lowest BCUT2D eigenvalue weighted by Gasteiger charge is -2.32. The standard InChI is InChI=1S/C26H25Cl2FN2O3/c1-2-30-26(33)24(15-18-7-4-3-5-8-18)31(16-21-22(27)9-6-10-23(21)28)25(32)17-34-20-13-11-19(29)12-14-20/h3-14,24H,2,15-17H2,1H3,(H,30,33)/t24-/m0/s1. The molecule has 3 aromatic rings. The zero-order valence-corrected chi connectivity index (χ0v) is 20.2. The summed E-state index contributed by atoms with van der Waals surface area (Å²) in [5, 5.41) is 3.59. The maximum Gasteiger partial charge on any atom is 0.261 e. The van der Waals surface area contributed by atoms with Crippen molar-refractivity contribution in [2.75, 3.05) is 13.2 Å². The molecule has 0 saturated carbocycles. The molecule has 0 heterocycles. The molecule has 178 valence electrons. The number of hydrogen-bond acceptors (Lipinski definition) is 3. The van der Waals surface area contributed by atoms with Gasteiger partial charge in [0, 0.05) is 35.1 Å². The second-order valence-electron chi connectivity index (χ2n) is 7.56. The smallest absolute Gasteiger partial charge is 0.261 e. The summed E-state index contributed by atoms with van der Waals surface area (Å²) in [6.07, 6.45) is 0.289. The SMILES string of the molecule is CCNC(=O)[C@H](Cc1ccccc1)N(Cc1c(Cl)cccc1Cl)C(=O)COc1ccc(F)cc1. The Kier molecular flexibility index (Phi) is 9.31. The lowest BCUT2D eigenvalue weighted by Crippen LogP contribution is -2.51. The molecule has 1 N–H and O–H groups in total. The fraction of sp³-hybridized carbons (Fsp3) is 0.231. The average molecular weight is 503 g/mol. The zero-order valence-electron chi connectivity index (χ0n) is 18.6. The highest BCUT2D eigenvalue weighted by atomic mass is 35.5. The van der Waals surface area contributed by atoms with Crippen LogP contribution in [0.5, 0.6) is 5.75 Å². The molecule has 0 spiro atoms. The van der Waals surface area contributed by atoms with Crippen molar-refractivity contribution >= 4 is 35.0 Å². The fourth-order valence-electron chi connectivity index (χ4n) is 3.46. The fourth-order valence-corrected chi connectivity index (χ4v) is 3.98. The molecule has 2 amide bonds. The van der Waals surface area contributed by atoms with E-state index in [1.165, 1.54) is 29.2 Å². The number of carbonyl (C=O) groups excluding carboxylic acids is 2. The molecule has 0 aliphatic carbocycles. The number of hydrogen-bond donors (Lipinski definition) is 1. The number of ether oxygens (including phenoxy) is 1. The minimum absolute atomic E-state index is 0.0127. The van der Waals surface area contributed by atoms with Gasteiger partial charge in [0.25, 0.3) is 5.91 Å². The van der Waals surface area contributed by atoms with Gasteiger partial charge in [-0.1, -0.05) is 59.6 Å². The zero-order chi connectivity index (χ0) is 24.5. The van der Waals surface area contributed by atoms with Crippen LogP contribution in [0, 0.1) is 5.82 Å². The van der Waals surface area contributed by atoms with E-state index in [1.54, 1.807) is 18.2 Å². The first-order chi connectivity index (χ1) is 16.4. The number of carbonyl (C=O) groups is 2. The van der Waals surface area contributed by atoms with E-state index in [2.05, 4.69) is 5.32 Å². The topological polar surface area (TPSA) is 58.6 Å². The maximum atomic E-state index is 13.4. The Balaban J connectivity index is 1.93. The van der Waals surface area contributed by atoms with Crippen molar-refractivity contribution in [3.8, 4) is 5.75 Å². The van der Waals surface area contributed by atoms with Gasteiger partial charge in [-0.25, -0.2) is 4.39 Å². The van der Waals surface area contributed by atoms with Crippen molar-refractivity contribution < 1.29 is 18.7 Å². The van der Waals surface area contributed by atoms with E-state index in [4.69, 9.17) is 27.9 Å². The van der Waals surface area contributed by atoms with Crippen LogP contribution in [-0.2, 0) is 22.6 Å². The number of rotatable bonds is 10. The lowest BCUT2D eigenvalue weighted by atomic mass is 10.0. The Morgan fingerprint density at radius 2 is 1.62 bits per heavy atom. The average Bonchev–Trinajstić information content (AvgIpc) is 2.83. The molecule has 0 aliphatic heterocycles. The highest BCUT2D eigenvalue weighted by Gasteiger charge is 2.31. The van der Waals surface area contributed by atoms with Gasteiger partial charge in [-0.15, -0.1) is 0 Å². The van der Waals surface area contributed by atoms with Gasteiger partial charge in [-0.2, -0.15) is 0 Å². The van der Waals surface area contributed by atoms with E-state index in [0.29, 0.717) is 27.9 Å². The molecule has 0 saturated heterocycles. The molecular weight excluding hydrogens is 478 g/mol. The third-order valence-electron chi connectivity index (χ3n) is 5.19. The van der Waals surface area contributed by atoms with Gasteiger partial charge in [-0.05, 0) is 48.9 Å². The van der Waals surface area contributed by atoms with E-state index in [9.17, 15) is 14.0 Å². The predicted molar refractivity (Wildman–Crippen MR) is 132 cm³/mol. The summed E-state index contributed by atoms with van der Waals surface area (Å²) in [5.74, 6) is -0.812. The van der Waals surface area contributed by atoms with Gasteiger partial charge in [0.2, 0.25) is 5.91 Å². The largest absolute Gasteiger partial charge is 0.484 e. The Bertz CT molecular complexity index is 1090. The minimum atomic E-state index is -0.834. The summed E-state index contributed by atoms with van der Waals surface area (Å²) in [6.45, 7) is 1.88. The first-order valence-electron chi connectivity index (χ1n) is 10.8. The molecule has 0 aromatic heterocycles. The second kappa shape index (κ2) is 12.4. The normalized spacial score (nSPS) is 11.5. The van der Waals surface area contributed by atoms with Crippen LogP contribution in [-0.4, -0.2) is 35.9 Å². The summed E-state index contributed by atoms with van der Waals surface area (Å²) in [4.78, 5) is 27.9. The van der Waals surface area contributed by atoms with Crippen LogP contribution in [0.1, 0.15) is 18.1 Å². The summed E-state index contributed by atoms with van der Waals surface area (Å²) in [7, 11) is 0. The van der Waals surface area contributed by atoms with Crippen LogP contribution >= 0.6 is 23.2 Å². The number of nitrogens with zero attached hydrogens (tertiary/aromatic N) is 1. The van der Waals surface area contributed by atoms with E-state index >= 15 is 0 Å². The first kappa shape index (κ1) is 25.5. The Morgan fingerprint density at radius 3 is 2.24 bits per heavy atom. The second-order valence-corrected chi connectivity index (χ2v) is 8.38. The van der Waals surface area contributed by atoms with Crippen LogP contribution in [0.3, 0.4) is 0 Å². The Morgan fingerprint density at radius 1 is 0.971 bits per heavy atom. The molecule has 5 nitrogen and oxygen atoms in total. The first-order valence-corrected chi connectivity index (χ1v) is 11.6. The molecule has 34 heavy (non-hydrogen) atoms. The van der Waals surface area contributed by atoms with Crippen LogP contribution in [0.2, 0.25) is 10.0 Å². The van der Waals surface area contributed by atoms with Gasteiger partial charge in [0.15, 0.2) is 6.61 Å². The number of halogens is 3. The summed E-state index contributed by atoms with van der Waals surface area (Å²) in [5.41, 5.74) is 1.42. The van der Waals surface area contributed by atoms with Crippen molar-refractivity contribution in [2.24, 2.45) is 0 Å². The van der Waals surface area contributed by atoms with Crippen molar-refractivity contribution in [1.29, 1.82) is 0 Å². The number of amides is 2. The summed E-state index contributed by atoms with van der Waals surface area (Å²) < 4.78 is 18.8. The molecule has 1 atom stereocenters. The van der Waals surface area contributed by atoms with E-state index in [1.807, 2.05) is 37.3 Å². The van der Waals surface area contributed by atoms with Gasteiger partial charge in [0.1, 0.15) is 17.6 Å². The van der Waals surface area contributed by atoms with Crippen LogP contribution in [0.4, 0.5) is 4.39 Å². The van der Waals surface area contributed by atoms with Crippen LogP contribution in [0.15, 0.2) is 72.8 Å². The van der Waals surface area contributed by atoms with Crippen molar-refractivity contribution in [2.45, 2.75) is 25.9 Å². The van der Waals surface area contributed by atoms with Gasteiger partial charge in [0.05, 0.1) is 0 Å². The van der Waals surface area contributed by atoms with Crippen LogP contribution in [0.25, 0.3) is 0 Å². The lowest BCUT2D eigenvalue weighted by molar-refractivity contribution is -0.142. The molecule has 0 fully saturated rings. The van der Waals surface area contributed by atoms with Gasteiger partial charge >= 0.3 is 0 Å². The summed E-state index contributed by atoms with van der Waals surface area (Å²) >= 11 is 12.8. The van der Waals surface area contributed by atoms with E-state index < -0.39 is 17.8 Å². The summed E-state index contributed by atoms with van der Waals surface area (Å²) in [6, 6.07) is 19.0. The highest BCUT2D eigenvalue weighted by Crippen LogP contribution is 2.27. The quantitative estimate of drug-likeness (QED) is 0.409. The number of benzene rings is 3. The minimum Gasteiger partial charge on any atom is -0.484 e. The molecule has 3 rings (SSSR count). The van der Waals surface area contributed by atoms with Gasteiger partial charge in [-0.3, -0.25) is 9.59 Å². The number of likely N-dealkylation sites (N-methyl/N-ethyl adjacent to an activating group) is 1. The molecule has 0 unspecified atom stereocenters. The maximum absolute atomic E-state index is 13.4. The third-order valence-corrected chi connectivity index (χ3v) is 5.90. The van der Waals surface area contributed by atoms with Crippen LogP contribution < -0.4 is 10.1 Å². The molecule has 0 aliphatic rings. The Hall–Kier alpha value is -3.09. The molecular formula is C26H25Cl2FN2O3. The van der Waals surface area contributed by atoms with E-state index in [-0.39, 0.29) is 25.5 Å². The molecule has 8 heteroatoms. The van der Waals surface area contributed by atoms with Crippen molar-refractivity contribution in [1.82, 2.24) is 10.2 Å². The van der Waals surface area contributed by atoms with Gasteiger partial charge < -0.3 is 15.0 Å². The molecule has 0 radical (unpaired) electrons. The van der Waals surface area contributed by atoms with Crippen molar-refractivity contribution in [3.05, 3.63) is 99.8 Å². The predicted octanol–water partition coefficient (Wildman–Crippen LogP) is 5.29. The highest BCUT2D eigenvalue weighted by molar-refractivity contribution is 6.36. The third kappa shape index (κ3) is 6.95. The number of nitrogens with one attached hydrogen (secondary N) is 1.